The summed E-state index contributed by atoms with van der Waals surface area (Å²) in [6.45, 7) is 0. The molecule has 0 fully saturated rings. The van der Waals surface area contributed by atoms with Crippen molar-refractivity contribution < 1.29 is 0 Å². The average molecular weight is 755 g/mol. The third-order valence-electron chi connectivity index (χ3n) is 11.9. The molecule has 0 spiro atoms. The van der Waals surface area contributed by atoms with Gasteiger partial charge in [-0.2, -0.15) is 0 Å². The number of benzene rings is 8. The first-order valence-corrected chi connectivity index (χ1v) is 20.7. The Kier molecular flexibility index (Phi) is 8.74. The maximum absolute atomic E-state index is 2.51. The molecule has 0 unspecified atom stereocenters. The van der Waals surface area contributed by atoms with E-state index in [1.54, 1.807) is 0 Å². The van der Waals surface area contributed by atoms with E-state index in [0.717, 1.165) is 36.3 Å². The molecule has 0 aliphatic heterocycles. The van der Waals surface area contributed by atoms with Gasteiger partial charge < -0.3 is 9.47 Å². The average Bonchev–Trinajstić information content (AvgIpc) is 3.44. The van der Waals surface area contributed by atoms with E-state index < -0.39 is 0 Å². The highest BCUT2D eigenvalue weighted by atomic mass is 15.1. The van der Waals surface area contributed by atoms with Crippen LogP contribution >= 0.6 is 0 Å². The summed E-state index contributed by atoms with van der Waals surface area (Å²) in [5.74, 6) is 0. The Morgan fingerprint density at radius 1 is 0.458 bits per heavy atom. The van der Waals surface area contributed by atoms with Gasteiger partial charge in [0.05, 0.1) is 5.52 Å². The van der Waals surface area contributed by atoms with Gasteiger partial charge in [-0.1, -0.05) is 158 Å². The Labute approximate surface area is 345 Å². The van der Waals surface area contributed by atoms with Crippen molar-refractivity contribution in [2.24, 2.45) is 0 Å². The third-order valence-corrected chi connectivity index (χ3v) is 11.9. The van der Waals surface area contributed by atoms with Crippen molar-refractivity contribution in [3.8, 4) is 27.9 Å². The quantitative estimate of drug-likeness (QED) is 0.157. The van der Waals surface area contributed by atoms with Gasteiger partial charge in [0, 0.05) is 51.2 Å². The molecule has 0 radical (unpaired) electrons. The lowest BCUT2D eigenvalue weighted by Gasteiger charge is -2.28. The zero-order valence-corrected chi connectivity index (χ0v) is 32.8. The maximum Gasteiger partial charge on any atom is 0.0622 e. The van der Waals surface area contributed by atoms with E-state index in [-0.39, 0.29) is 0 Å². The fourth-order valence-corrected chi connectivity index (χ4v) is 9.22. The number of para-hydroxylation sites is 1. The van der Waals surface area contributed by atoms with Crippen molar-refractivity contribution in [1.29, 1.82) is 0 Å². The minimum absolute atomic E-state index is 0.848. The monoisotopic (exact) mass is 754 g/mol. The number of aromatic nitrogens is 1. The van der Waals surface area contributed by atoms with E-state index >= 15 is 0 Å². The van der Waals surface area contributed by atoms with E-state index in [1.807, 2.05) is 0 Å². The van der Waals surface area contributed by atoms with Crippen molar-refractivity contribution in [3.63, 3.8) is 0 Å². The SMILES string of the molecule is C1=CCc2c(c3c(-c4cccc(N(c5cc(C6=CCCC=C6)cc(-c6ccccc6)c5)c5ccc6ccccc6c5)c4)cc4ccccc4c3n2-c2ccccc2)C=C1. The molecule has 0 saturated carbocycles. The summed E-state index contributed by atoms with van der Waals surface area (Å²) in [5.41, 5.74) is 15.7. The van der Waals surface area contributed by atoms with Gasteiger partial charge in [-0.15, -0.1) is 0 Å². The molecule has 2 nitrogen and oxygen atoms in total. The molecule has 0 saturated heterocycles. The number of rotatable bonds is 7. The second-order valence-corrected chi connectivity index (χ2v) is 15.6. The van der Waals surface area contributed by atoms with Gasteiger partial charge in [0.2, 0.25) is 0 Å². The molecule has 2 aliphatic rings. The van der Waals surface area contributed by atoms with Crippen LogP contribution in [0.3, 0.4) is 0 Å². The summed E-state index contributed by atoms with van der Waals surface area (Å²) in [4.78, 5) is 2.46. The summed E-state index contributed by atoms with van der Waals surface area (Å²) < 4.78 is 2.51. The summed E-state index contributed by atoms with van der Waals surface area (Å²) in [5, 5.41) is 6.20. The van der Waals surface area contributed by atoms with Crippen molar-refractivity contribution in [2.45, 2.75) is 19.3 Å². The summed E-state index contributed by atoms with van der Waals surface area (Å²) >= 11 is 0. The lowest BCUT2D eigenvalue weighted by atomic mass is 9.93. The fourth-order valence-electron chi connectivity index (χ4n) is 9.22. The predicted molar refractivity (Wildman–Crippen MR) is 252 cm³/mol. The largest absolute Gasteiger partial charge is 0.312 e. The van der Waals surface area contributed by atoms with E-state index in [2.05, 4.69) is 228 Å². The van der Waals surface area contributed by atoms with Gasteiger partial charge in [-0.05, 0) is 123 Å². The van der Waals surface area contributed by atoms with Crippen LogP contribution in [0.25, 0.3) is 72.0 Å². The van der Waals surface area contributed by atoms with Crippen LogP contribution < -0.4 is 4.90 Å². The Balaban J connectivity index is 1.18. The van der Waals surface area contributed by atoms with Crippen LogP contribution in [-0.2, 0) is 6.42 Å². The molecule has 8 aromatic carbocycles. The van der Waals surface area contributed by atoms with Gasteiger partial charge in [-0.3, -0.25) is 0 Å². The second-order valence-electron chi connectivity index (χ2n) is 15.6. The highest BCUT2D eigenvalue weighted by molar-refractivity contribution is 6.17. The van der Waals surface area contributed by atoms with E-state index in [9.17, 15) is 0 Å². The fraction of sp³-hybridized carbons (Fsp3) is 0.0526. The minimum atomic E-state index is 0.848. The maximum atomic E-state index is 2.51. The highest BCUT2D eigenvalue weighted by Crippen LogP contribution is 2.45. The molecular formula is C57H42N2. The van der Waals surface area contributed by atoms with Crippen LogP contribution in [0.5, 0.6) is 0 Å². The van der Waals surface area contributed by atoms with E-state index in [0.29, 0.717) is 0 Å². The number of fused-ring (bicyclic) bond motifs is 6. The molecule has 2 heteroatoms. The standard InChI is InChI=1S/C57H42N2/c1-5-18-40(19-6-1)46-34-47(41-20-7-2-8-21-41)38-51(37-46)58(50-33-32-42-22-13-14-23-43(42)35-50)49-28-17-25-44(36-49)54-39-45-24-15-16-29-52(45)57-56(54)53-30-11-4-12-31-55(53)59(57)48-26-9-3-10-27-48/h1,3-7,9-30,32-39H,2,8,31H2. The molecule has 0 bridgehead atoms. The van der Waals surface area contributed by atoms with Crippen LogP contribution in [0, 0.1) is 0 Å². The van der Waals surface area contributed by atoms with Crippen LogP contribution in [0.2, 0.25) is 0 Å². The molecule has 11 rings (SSSR count). The summed E-state index contributed by atoms with van der Waals surface area (Å²) in [6, 6.07) is 64.8. The highest BCUT2D eigenvalue weighted by Gasteiger charge is 2.24. The van der Waals surface area contributed by atoms with Crippen molar-refractivity contribution in [3.05, 3.63) is 229 Å². The Morgan fingerprint density at radius 3 is 2.03 bits per heavy atom. The number of hydrogen-bond acceptors (Lipinski definition) is 1. The zero-order chi connectivity index (χ0) is 39.1. The van der Waals surface area contributed by atoms with Gasteiger partial charge in [0.15, 0.2) is 0 Å². The lowest BCUT2D eigenvalue weighted by Crippen LogP contribution is -2.11. The van der Waals surface area contributed by atoms with Crippen LogP contribution in [-0.4, -0.2) is 4.57 Å². The predicted octanol–water partition coefficient (Wildman–Crippen LogP) is 15.6. The second kappa shape index (κ2) is 14.8. The number of anilines is 3. The molecule has 1 aromatic heterocycles. The molecular weight excluding hydrogens is 713 g/mol. The molecule has 59 heavy (non-hydrogen) atoms. The minimum Gasteiger partial charge on any atom is -0.312 e. The molecule has 280 valence electrons. The number of allylic oxidation sites excluding steroid dienone is 7. The normalized spacial score (nSPS) is 13.5. The molecule has 1 heterocycles. The first-order chi connectivity index (χ1) is 29.3. The lowest BCUT2D eigenvalue weighted by molar-refractivity contribution is 1.01. The van der Waals surface area contributed by atoms with Crippen LogP contribution in [0.4, 0.5) is 17.1 Å². The molecule has 0 atom stereocenters. The smallest absolute Gasteiger partial charge is 0.0622 e. The first-order valence-electron chi connectivity index (χ1n) is 20.7. The first kappa shape index (κ1) is 34.8. The Morgan fingerprint density at radius 2 is 1.19 bits per heavy atom. The van der Waals surface area contributed by atoms with E-state index in [1.165, 1.54) is 82.8 Å². The summed E-state index contributed by atoms with van der Waals surface area (Å²) in [6.07, 6.45) is 18.9. The van der Waals surface area contributed by atoms with Gasteiger partial charge in [0.1, 0.15) is 0 Å². The van der Waals surface area contributed by atoms with E-state index in [4.69, 9.17) is 0 Å². The Bertz CT molecular complexity index is 3180. The van der Waals surface area contributed by atoms with Crippen molar-refractivity contribution in [2.75, 3.05) is 4.90 Å². The Hall–Kier alpha value is -7.42. The number of nitrogens with zero attached hydrogens (tertiary/aromatic N) is 2. The third kappa shape index (κ3) is 6.31. The molecule has 9 aromatic rings. The van der Waals surface area contributed by atoms with Gasteiger partial charge in [-0.25, -0.2) is 0 Å². The van der Waals surface area contributed by atoms with Gasteiger partial charge >= 0.3 is 0 Å². The molecule has 2 aliphatic carbocycles. The van der Waals surface area contributed by atoms with Gasteiger partial charge in [0.25, 0.3) is 0 Å². The molecule has 0 N–H and O–H groups in total. The van der Waals surface area contributed by atoms with Crippen molar-refractivity contribution >= 4 is 61.2 Å². The van der Waals surface area contributed by atoms with Crippen molar-refractivity contribution in [1.82, 2.24) is 4.57 Å². The molecule has 0 amide bonds. The number of hydrogen-bond donors (Lipinski definition) is 0. The van der Waals surface area contributed by atoms with Crippen LogP contribution in [0.15, 0.2) is 212 Å². The topological polar surface area (TPSA) is 8.17 Å². The van der Waals surface area contributed by atoms with Crippen LogP contribution in [0.1, 0.15) is 29.7 Å². The summed E-state index contributed by atoms with van der Waals surface area (Å²) in [7, 11) is 0. The zero-order valence-electron chi connectivity index (χ0n) is 32.8.